The van der Waals surface area contributed by atoms with Crippen LogP contribution in [0, 0.1) is 5.82 Å². The van der Waals surface area contributed by atoms with Gasteiger partial charge in [-0.25, -0.2) is 9.37 Å². The third-order valence-corrected chi connectivity index (χ3v) is 6.26. The largest absolute Gasteiger partial charge is 0.415 e. The lowest BCUT2D eigenvalue weighted by molar-refractivity contribution is -0.0521. The standard InChI is InChI=1S/C22H26F3N7O2/c1-11(26)22(7-3-4-8-22)30-19-15(23)10-14(17(27)33)18(29-19)28-12-5-6-16-13(9-12)20(31-32(16)2)34-21(24)25/h5-6,9-11,21H,3-4,7-8,26H2,1-2H3,(H2,27,33)(H2,28,29,30)/t11-/m0/s1. The van der Waals surface area contributed by atoms with E-state index >= 15 is 0 Å². The molecule has 3 aromatic rings. The second kappa shape index (κ2) is 9.01. The summed E-state index contributed by atoms with van der Waals surface area (Å²) in [7, 11) is 1.59. The van der Waals surface area contributed by atoms with Crippen LogP contribution < -0.4 is 26.8 Å². The second-order valence-corrected chi connectivity index (χ2v) is 8.52. The Morgan fingerprint density at radius 1 is 1.24 bits per heavy atom. The molecule has 6 N–H and O–H groups in total. The molecule has 0 saturated heterocycles. The number of aryl methyl sites for hydroxylation is 1. The second-order valence-electron chi connectivity index (χ2n) is 8.52. The van der Waals surface area contributed by atoms with Gasteiger partial charge < -0.3 is 26.8 Å². The number of hydrogen-bond donors (Lipinski definition) is 4. The van der Waals surface area contributed by atoms with E-state index in [9.17, 15) is 18.0 Å². The van der Waals surface area contributed by atoms with Gasteiger partial charge in [-0.05, 0) is 44.0 Å². The van der Waals surface area contributed by atoms with Crippen LogP contribution in [0.1, 0.15) is 43.0 Å². The fraction of sp³-hybridized carbons (Fsp3) is 0.409. The van der Waals surface area contributed by atoms with Crippen molar-refractivity contribution >= 4 is 34.1 Å². The maximum atomic E-state index is 14.9. The number of anilines is 3. The van der Waals surface area contributed by atoms with Gasteiger partial charge >= 0.3 is 6.61 Å². The van der Waals surface area contributed by atoms with Crippen LogP contribution >= 0.6 is 0 Å². The van der Waals surface area contributed by atoms with Crippen molar-refractivity contribution in [1.82, 2.24) is 14.8 Å². The highest BCUT2D eigenvalue weighted by molar-refractivity contribution is 5.99. The molecule has 1 aromatic carbocycles. The number of halogens is 3. The lowest BCUT2D eigenvalue weighted by Gasteiger charge is -2.35. The summed E-state index contributed by atoms with van der Waals surface area (Å²) in [5.74, 6) is -1.92. The van der Waals surface area contributed by atoms with Gasteiger partial charge in [0.2, 0.25) is 5.88 Å². The number of benzene rings is 1. The molecule has 1 atom stereocenters. The van der Waals surface area contributed by atoms with E-state index in [1.807, 2.05) is 6.92 Å². The van der Waals surface area contributed by atoms with Crippen LogP contribution in [0.15, 0.2) is 24.3 Å². The van der Waals surface area contributed by atoms with Gasteiger partial charge in [-0.2, -0.15) is 8.78 Å². The lowest BCUT2D eigenvalue weighted by atomic mass is 9.89. The molecule has 182 valence electrons. The first-order chi connectivity index (χ1) is 16.1. The van der Waals surface area contributed by atoms with Crippen LogP contribution in [0.5, 0.6) is 5.88 Å². The van der Waals surface area contributed by atoms with E-state index in [0.717, 1.165) is 31.7 Å². The van der Waals surface area contributed by atoms with E-state index in [1.165, 1.54) is 10.7 Å². The van der Waals surface area contributed by atoms with Crippen molar-refractivity contribution in [3.63, 3.8) is 0 Å². The number of primary amides is 1. The number of nitrogens with two attached hydrogens (primary N) is 2. The molecule has 4 rings (SSSR count). The van der Waals surface area contributed by atoms with Crippen molar-refractivity contribution in [2.75, 3.05) is 10.6 Å². The van der Waals surface area contributed by atoms with Crippen LogP contribution in [-0.2, 0) is 7.05 Å². The average molecular weight is 477 g/mol. The number of pyridine rings is 1. The van der Waals surface area contributed by atoms with Crippen molar-refractivity contribution in [1.29, 1.82) is 0 Å². The van der Waals surface area contributed by atoms with Crippen LogP contribution in [0.25, 0.3) is 10.9 Å². The molecule has 1 fully saturated rings. The number of fused-ring (bicyclic) bond motifs is 1. The SMILES string of the molecule is C[C@H](N)C1(Nc2nc(Nc3ccc4c(c3)c(OC(F)F)nn4C)c(C(N)=O)cc2F)CCCC1. The molecule has 12 heteroatoms. The Bertz CT molecular complexity index is 1220. The molecular weight excluding hydrogens is 451 g/mol. The number of ether oxygens (including phenoxy) is 1. The first-order valence-electron chi connectivity index (χ1n) is 10.8. The summed E-state index contributed by atoms with van der Waals surface area (Å²) in [6.45, 7) is -1.19. The molecule has 1 aliphatic carbocycles. The van der Waals surface area contributed by atoms with Gasteiger partial charge in [0.05, 0.1) is 22.0 Å². The Hall–Kier alpha value is -3.54. The average Bonchev–Trinajstić information content (AvgIpc) is 3.35. The van der Waals surface area contributed by atoms with E-state index in [-0.39, 0.29) is 29.1 Å². The van der Waals surface area contributed by atoms with E-state index < -0.39 is 23.9 Å². The van der Waals surface area contributed by atoms with Crippen molar-refractivity contribution in [3.05, 3.63) is 35.6 Å². The minimum absolute atomic E-state index is 0.00814. The Kier molecular flexibility index (Phi) is 6.26. The Morgan fingerprint density at radius 2 is 1.94 bits per heavy atom. The van der Waals surface area contributed by atoms with Crippen molar-refractivity contribution in [2.24, 2.45) is 18.5 Å². The van der Waals surface area contributed by atoms with E-state index in [4.69, 9.17) is 11.5 Å². The maximum absolute atomic E-state index is 14.9. The molecule has 1 aliphatic rings. The molecule has 0 spiro atoms. The summed E-state index contributed by atoms with van der Waals surface area (Å²) in [6.07, 6.45) is 3.43. The van der Waals surface area contributed by atoms with Gasteiger partial charge in [0, 0.05) is 18.8 Å². The summed E-state index contributed by atoms with van der Waals surface area (Å²) in [6, 6.07) is 5.55. The molecule has 0 radical (unpaired) electrons. The van der Waals surface area contributed by atoms with Gasteiger partial charge in [-0.15, -0.1) is 5.10 Å². The van der Waals surface area contributed by atoms with E-state index in [1.54, 1.807) is 19.2 Å². The molecule has 9 nitrogen and oxygen atoms in total. The van der Waals surface area contributed by atoms with Gasteiger partial charge in [0.15, 0.2) is 11.6 Å². The molecule has 2 aromatic heterocycles. The lowest BCUT2D eigenvalue weighted by Crippen LogP contribution is -2.50. The maximum Gasteiger partial charge on any atom is 0.388 e. The summed E-state index contributed by atoms with van der Waals surface area (Å²) >= 11 is 0. The number of rotatable bonds is 8. The zero-order valence-corrected chi connectivity index (χ0v) is 18.7. The number of alkyl halides is 2. The highest BCUT2D eigenvalue weighted by Gasteiger charge is 2.38. The summed E-state index contributed by atoms with van der Waals surface area (Å²) < 4.78 is 46.4. The number of carbonyl (C=O) groups excluding carboxylic acids is 1. The predicted octanol–water partition coefficient (Wildman–Crippen LogP) is 3.62. The molecule has 1 amide bonds. The van der Waals surface area contributed by atoms with Crippen LogP contribution in [0.4, 0.5) is 30.5 Å². The molecule has 2 heterocycles. The normalized spacial score (nSPS) is 16.1. The number of carbonyl (C=O) groups is 1. The summed E-state index contributed by atoms with van der Waals surface area (Å²) in [5.41, 5.74) is 11.9. The molecule has 0 unspecified atom stereocenters. The van der Waals surface area contributed by atoms with Crippen LogP contribution in [0.2, 0.25) is 0 Å². The fourth-order valence-corrected chi connectivity index (χ4v) is 4.41. The van der Waals surface area contributed by atoms with Gasteiger partial charge in [-0.1, -0.05) is 12.8 Å². The molecular formula is C22H26F3N7O2. The zero-order chi connectivity index (χ0) is 24.6. The first kappa shape index (κ1) is 23.6. The minimum Gasteiger partial charge on any atom is -0.415 e. The Balaban J connectivity index is 1.72. The number of amides is 1. The minimum atomic E-state index is -3.04. The fourth-order valence-electron chi connectivity index (χ4n) is 4.41. The molecule has 34 heavy (non-hydrogen) atoms. The molecule has 0 bridgehead atoms. The Morgan fingerprint density at radius 3 is 2.56 bits per heavy atom. The number of nitrogens with one attached hydrogen (secondary N) is 2. The summed E-state index contributed by atoms with van der Waals surface area (Å²) in [5, 5.41) is 10.4. The van der Waals surface area contributed by atoms with Gasteiger partial charge in [0.25, 0.3) is 5.91 Å². The Labute approximate surface area is 193 Å². The van der Waals surface area contributed by atoms with E-state index in [0.29, 0.717) is 16.6 Å². The number of aromatic nitrogens is 3. The van der Waals surface area contributed by atoms with E-state index in [2.05, 4.69) is 25.5 Å². The highest BCUT2D eigenvalue weighted by Crippen LogP contribution is 2.36. The number of nitrogens with zero attached hydrogens (tertiary/aromatic N) is 3. The third-order valence-electron chi connectivity index (χ3n) is 6.26. The van der Waals surface area contributed by atoms with Gasteiger partial charge in [-0.3, -0.25) is 9.48 Å². The summed E-state index contributed by atoms with van der Waals surface area (Å²) in [4.78, 5) is 16.3. The van der Waals surface area contributed by atoms with Crippen LogP contribution in [0.3, 0.4) is 0 Å². The quantitative estimate of drug-likeness (QED) is 0.389. The smallest absolute Gasteiger partial charge is 0.388 e. The highest BCUT2D eigenvalue weighted by atomic mass is 19.3. The van der Waals surface area contributed by atoms with Crippen molar-refractivity contribution in [3.8, 4) is 5.88 Å². The predicted molar refractivity (Wildman–Crippen MR) is 122 cm³/mol. The number of hydrogen-bond acceptors (Lipinski definition) is 7. The topological polar surface area (TPSA) is 133 Å². The zero-order valence-electron chi connectivity index (χ0n) is 18.7. The monoisotopic (exact) mass is 477 g/mol. The molecule has 0 aliphatic heterocycles. The van der Waals surface area contributed by atoms with Crippen LogP contribution in [-0.4, -0.2) is 38.9 Å². The van der Waals surface area contributed by atoms with Crippen molar-refractivity contribution in [2.45, 2.75) is 50.8 Å². The first-order valence-corrected chi connectivity index (χ1v) is 10.8. The van der Waals surface area contributed by atoms with Gasteiger partial charge in [0.1, 0.15) is 5.82 Å². The third kappa shape index (κ3) is 4.45. The van der Waals surface area contributed by atoms with Crippen molar-refractivity contribution < 1.29 is 22.7 Å². The molecule has 1 saturated carbocycles.